The minimum atomic E-state index is 0.0261. The smallest absolute Gasteiger partial charge is 0.196 e. The minimum Gasteiger partial charge on any atom is -0.450 e. The van der Waals surface area contributed by atoms with Crippen molar-refractivity contribution in [2.24, 2.45) is 0 Å². The van der Waals surface area contributed by atoms with Crippen molar-refractivity contribution in [2.75, 3.05) is 31.7 Å². The molecule has 2 unspecified atom stereocenters. The van der Waals surface area contributed by atoms with Gasteiger partial charge in [0, 0.05) is 25.6 Å². The molecule has 1 fully saturated rings. The van der Waals surface area contributed by atoms with Crippen molar-refractivity contribution in [3.63, 3.8) is 0 Å². The summed E-state index contributed by atoms with van der Waals surface area (Å²) in [5, 5.41) is 1.01. The number of ether oxygens (including phenoxy) is 2. The van der Waals surface area contributed by atoms with E-state index in [1.54, 1.807) is 13.4 Å². The first-order valence-corrected chi connectivity index (χ1v) is 7.78. The summed E-state index contributed by atoms with van der Waals surface area (Å²) in [4.78, 5) is 11.1. The minimum absolute atomic E-state index is 0.0261. The van der Waals surface area contributed by atoms with E-state index in [0.717, 1.165) is 41.0 Å². The number of furan rings is 1. The molecule has 1 aliphatic heterocycles. The number of aromatic nitrogens is 2. The van der Waals surface area contributed by atoms with Gasteiger partial charge in [0.1, 0.15) is 17.4 Å². The van der Waals surface area contributed by atoms with E-state index in [4.69, 9.17) is 13.9 Å². The zero-order valence-electron chi connectivity index (χ0n) is 13.2. The van der Waals surface area contributed by atoms with Crippen LogP contribution in [0.4, 0.5) is 5.82 Å². The highest BCUT2D eigenvalue weighted by atomic mass is 16.5. The van der Waals surface area contributed by atoms with Crippen LogP contribution in [0.5, 0.6) is 0 Å². The van der Waals surface area contributed by atoms with Gasteiger partial charge in [-0.1, -0.05) is 12.1 Å². The van der Waals surface area contributed by atoms with Gasteiger partial charge in [0.15, 0.2) is 11.4 Å². The summed E-state index contributed by atoms with van der Waals surface area (Å²) in [5.41, 5.74) is 2.42. The predicted molar refractivity (Wildman–Crippen MR) is 87.7 cm³/mol. The normalized spacial score (nSPS) is 22.1. The number of fused-ring (bicyclic) bond motifs is 3. The Balaban J connectivity index is 1.78. The molecule has 1 aromatic carbocycles. The van der Waals surface area contributed by atoms with E-state index in [2.05, 4.69) is 21.8 Å². The Morgan fingerprint density at radius 3 is 3.00 bits per heavy atom. The van der Waals surface area contributed by atoms with E-state index in [9.17, 15) is 0 Å². The van der Waals surface area contributed by atoms with Crippen molar-refractivity contribution >= 4 is 27.9 Å². The zero-order valence-corrected chi connectivity index (χ0v) is 13.2. The number of morpholine rings is 1. The van der Waals surface area contributed by atoms with Crippen LogP contribution in [0.1, 0.15) is 6.92 Å². The van der Waals surface area contributed by atoms with Crippen LogP contribution in [0.3, 0.4) is 0 Å². The second kappa shape index (κ2) is 5.79. The molecular weight excluding hydrogens is 294 g/mol. The topological polar surface area (TPSA) is 60.6 Å². The molecule has 0 bridgehead atoms. The Morgan fingerprint density at radius 1 is 1.26 bits per heavy atom. The number of rotatable bonds is 3. The van der Waals surface area contributed by atoms with Crippen LogP contribution in [0, 0.1) is 0 Å². The molecule has 3 heterocycles. The predicted octanol–water partition coefficient (Wildman–Crippen LogP) is 2.62. The highest BCUT2D eigenvalue weighted by Gasteiger charge is 2.28. The maximum absolute atomic E-state index is 6.03. The lowest BCUT2D eigenvalue weighted by molar-refractivity contribution is -0.0512. The van der Waals surface area contributed by atoms with Crippen LogP contribution in [-0.4, -0.2) is 49.0 Å². The van der Waals surface area contributed by atoms with Gasteiger partial charge in [-0.2, -0.15) is 0 Å². The molecule has 2 aromatic heterocycles. The first-order chi connectivity index (χ1) is 11.3. The average Bonchev–Trinajstić information content (AvgIpc) is 2.93. The van der Waals surface area contributed by atoms with E-state index in [1.807, 2.05) is 24.3 Å². The van der Waals surface area contributed by atoms with Gasteiger partial charge in [-0.25, -0.2) is 9.97 Å². The fourth-order valence-electron chi connectivity index (χ4n) is 3.23. The van der Waals surface area contributed by atoms with Crippen molar-refractivity contribution in [3.8, 4) is 0 Å². The molecule has 120 valence electrons. The van der Waals surface area contributed by atoms with Gasteiger partial charge in [-0.3, -0.25) is 0 Å². The van der Waals surface area contributed by atoms with Crippen molar-refractivity contribution < 1.29 is 13.9 Å². The van der Waals surface area contributed by atoms with Gasteiger partial charge in [-0.05, 0) is 19.1 Å². The molecule has 0 amide bonds. The van der Waals surface area contributed by atoms with Crippen LogP contribution in [0.25, 0.3) is 22.1 Å². The molecule has 6 heteroatoms. The Morgan fingerprint density at radius 2 is 2.13 bits per heavy atom. The van der Waals surface area contributed by atoms with E-state index in [0.29, 0.717) is 6.61 Å². The Kier molecular flexibility index (Phi) is 3.63. The number of para-hydroxylation sites is 1. The number of anilines is 1. The average molecular weight is 313 g/mol. The van der Waals surface area contributed by atoms with E-state index < -0.39 is 0 Å². The molecule has 0 aliphatic carbocycles. The van der Waals surface area contributed by atoms with Crippen molar-refractivity contribution in [2.45, 2.75) is 19.1 Å². The third-order valence-corrected chi connectivity index (χ3v) is 4.12. The number of nitrogens with zero attached hydrogens (tertiary/aromatic N) is 3. The van der Waals surface area contributed by atoms with Gasteiger partial charge in [0.05, 0.1) is 18.8 Å². The Hall–Kier alpha value is -2.18. The van der Waals surface area contributed by atoms with Crippen molar-refractivity contribution in [3.05, 3.63) is 30.6 Å². The van der Waals surface area contributed by atoms with Crippen LogP contribution in [0.2, 0.25) is 0 Å². The number of benzene rings is 1. The third-order valence-electron chi connectivity index (χ3n) is 4.12. The largest absolute Gasteiger partial charge is 0.450 e. The zero-order chi connectivity index (χ0) is 15.8. The quantitative estimate of drug-likeness (QED) is 0.741. The second-order valence-electron chi connectivity index (χ2n) is 5.90. The van der Waals surface area contributed by atoms with Gasteiger partial charge < -0.3 is 18.8 Å². The molecule has 1 saturated heterocycles. The third kappa shape index (κ3) is 2.54. The lowest BCUT2D eigenvalue weighted by atomic mass is 10.2. The van der Waals surface area contributed by atoms with Crippen LogP contribution < -0.4 is 4.90 Å². The van der Waals surface area contributed by atoms with Gasteiger partial charge in [0.2, 0.25) is 0 Å². The molecule has 0 radical (unpaired) electrons. The van der Waals surface area contributed by atoms with Crippen molar-refractivity contribution in [1.82, 2.24) is 9.97 Å². The van der Waals surface area contributed by atoms with Crippen molar-refractivity contribution in [1.29, 1.82) is 0 Å². The Labute approximate surface area is 134 Å². The summed E-state index contributed by atoms with van der Waals surface area (Å²) in [5.74, 6) is 0.822. The van der Waals surface area contributed by atoms with E-state index in [-0.39, 0.29) is 12.2 Å². The van der Waals surface area contributed by atoms with E-state index in [1.165, 1.54) is 0 Å². The maximum atomic E-state index is 6.03. The van der Waals surface area contributed by atoms with Gasteiger partial charge in [0.25, 0.3) is 0 Å². The second-order valence-corrected chi connectivity index (χ2v) is 5.90. The van der Waals surface area contributed by atoms with Crippen LogP contribution in [0.15, 0.2) is 35.0 Å². The summed E-state index contributed by atoms with van der Waals surface area (Å²) in [6.45, 7) is 4.12. The number of hydrogen-bond donors (Lipinski definition) is 0. The molecular formula is C17H19N3O3. The molecule has 23 heavy (non-hydrogen) atoms. The fraction of sp³-hybridized carbons (Fsp3) is 0.412. The summed E-state index contributed by atoms with van der Waals surface area (Å²) < 4.78 is 17.2. The SMILES string of the molecule is COCC1CN(c2ncnc3c2oc2ccccc23)CC(C)O1. The van der Waals surface area contributed by atoms with E-state index >= 15 is 0 Å². The fourth-order valence-corrected chi connectivity index (χ4v) is 3.23. The first-order valence-electron chi connectivity index (χ1n) is 7.78. The van der Waals surface area contributed by atoms with Gasteiger partial charge in [-0.15, -0.1) is 0 Å². The standard InChI is InChI=1S/C17H19N3O3/c1-11-7-20(8-12(22-11)9-21-2)17-16-15(18-10-19-17)13-5-3-4-6-14(13)23-16/h3-6,10-12H,7-9H2,1-2H3. The lowest BCUT2D eigenvalue weighted by Gasteiger charge is -2.37. The summed E-state index contributed by atoms with van der Waals surface area (Å²) in [6, 6.07) is 7.93. The molecule has 1 aliphatic rings. The summed E-state index contributed by atoms with van der Waals surface area (Å²) in [6.07, 6.45) is 1.74. The highest BCUT2D eigenvalue weighted by molar-refractivity contribution is 6.05. The molecule has 0 saturated carbocycles. The Bertz CT molecular complexity index is 832. The molecule has 6 nitrogen and oxygen atoms in total. The maximum Gasteiger partial charge on any atom is 0.196 e. The summed E-state index contributed by atoms with van der Waals surface area (Å²) in [7, 11) is 1.69. The number of methoxy groups -OCH3 is 1. The molecule has 0 spiro atoms. The van der Waals surface area contributed by atoms with Gasteiger partial charge >= 0.3 is 0 Å². The molecule has 3 aromatic rings. The molecule has 0 N–H and O–H groups in total. The highest BCUT2D eigenvalue weighted by Crippen LogP contribution is 2.33. The summed E-state index contributed by atoms with van der Waals surface area (Å²) >= 11 is 0. The van der Waals surface area contributed by atoms with Crippen LogP contribution in [-0.2, 0) is 9.47 Å². The molecule has 2 atom stereocenters. The molecule has 4 rings (SSSR count). The first kappa shape index (κ1) is 14.4. The monoisotopic (exact) mass is 313 g/mol. The van der Waals surface area contributed by atoms with Crippen LogP contribution >= 0.6 is 0 Å². The number of hydrogen-bond acceptors (Lipinski definition) is 6. The lowest BCUT2D eigenvalue weighted by Crippen LogP contribution is -2.48.